The van der Waals surface area contributed by atoms with E-state index in [9.17, 15) is 4.79 Å². The first-order valence-electron chi connectivity index (χ1n) is 26.4. The first-order chi connectivity index (χ1) is 28.3. The van der Waals surface area contributed by atoms with E-state index in [0.717, 1.165) is 25.2 Å². The molecule has 0 saturated heterocycles. The zero-order chi connectivity index (χ0) is 40.8. The highest BCUT2D eigenvalue weighted by Crippen LogP contribution is 2.18. The summed E-state index contributed by atoms with van der Waals surface area (Å²) in [6.45, 7) is 6.12. The summed E-state index contributed by atoms with van der Waals surface area (Å²) >= 11 is 0. The summed E-state index contributed by atoms with van der Waals surface area (Å²) < 4.78 is 7.74. The molecule has 4 nitrogen and oxygen atoms in total. The molecule has 0 amide bonds. The van der Waals surface area contributed by atoms with Gasteiger partial charge in [0.15, 0.2) is 0 Å². The lowest BCUT2D eigenvalue weighted by atomic mass is 10.0. The van der Waals surface area contributed by atoms with Gasteiger partial charge in [-0.2, -0.15) is 0 Å². The Bertz CT molecular complexity index is 912. The minimum absolute atomic E-state index is 0.125. The van der Waals surface area contributed by atoms with Gasteiger partial charge in [-0.15, -0.1) is 0 Å². The summed E-state index contributed by atoms with van der Waals surface area (Å²) in [5.74, 6) is 0.734. The Labute approximate surface area is 358 Å². The molecule has 0 spiro atoms. The maximum absolute atomic E-state index is 12.5. The minimum atomic E-state index is -0.125. The van der Waals surface area contributed by atoms with Gasteiger partial charge in [0, 0.05) is 18.9 Å². The quantitative estimate of drug-likeness (QED) is 0.0487. The predicted molar refractivity (Wildman–Crippen MR) is 251 cm³/mol. The van der Waals surface area contributed by atoms with Gasteiger partial charge in [-0.05, 0) is 12.8 Å². The molecular weight excluding hydrogens is 697 g/mol. The van der Waals surface area contributed by atoms with E-state index in [1.807, 2.05) is 12.4 Å². The monoisotopic (exact) mass is 799 g/mol. The number of hydrogen-bond acceptors (Lipinski definition) is 3. The molecular formula is C53H102N2O2. The maximum atomic E-state index is 12.5. The fraction of sp³-hybridized carbons (Fsp3) is 0.925. The first-order valence-corrected chi connectivity index (χ1v) is 26.4. The molecule has 0 N–H and O–H groups in total. The number of esters is 1. The van der Waals surface area contributed by atoms with Crippen molar-refractivity contribution in [1.29, 1.82) is 0 Å². The van der Waals surface area contributed by atoms with Crippen molar-refractivity contribution in [2.45, 2.75) is 309 Å². The average molecular weight is 799 g/mol. The molecule has 1 aromatic rings. The summed E-state index contributed by atoms with van der Waals surface area (Å²) in [7, 11) is 0. The van der Waals surface area contributed by atoms with Crippen LogP contribution < -0.4 is 0 Å². The van der Waals surface area contributed by atoms with Crippen LogP contribution in [0.1, 0.15) is 302 Å². The number of aryl methyl sites for hydroxylation is 1. The molecule has 0 unspecified atom stereocenters. The van der Waals surface area contributed by atoms with E-state index in [2.05, 4.69) is 23.4 Å². The van der Waals surface area contributed by atoms with Crippen molar-refractivity contribution < 1.29 is 9.53 Å². The van der Waals surface area contributed by atoms with Crippen LogP contribution in [0.15, 0.2) is 12.4 Å². The molecule has 0 radical (unpaired) electrons. The van der Waals surface area contributed by atoms with Crippen LogP contribution >= 0.6 is 0 Å². The van der Waals surface area contributed by atoms with Crippen LogP contribution in [0, 0.1) is 0 Å². The molecule has 0 bridgehead atoms. The van der Waals surface area contributed by atoms with Crippen molar-refractivity contribution in [2.24, 2.45) is 0 Å². The third-order valence-electron chi connectivity index (χ3n) is 12.6. The van der Waals surface area contributed by atoms with Crippen LogP contribution in [0.5, 0.6) is 0 Å². The van der Waals surface area contributed by atoms with Crippen molar-refractivity contribution >= 4 is 5.97 Å². The lowest BCUT2D eigenvalue weighted by Gasteiger charge is -2.09. The molecule has 4 heteroatoms. The maximum Gasteiger partial charge on any atom is 0.313 e. The first kappa shape index (κ1) is 53.7. The SMILES string of the molecule is CCCCCCCCCCCCCCCCCCCCCCCCOC(=O)Cc1nccn1CCCCCCCCCCCCCCCCCCCCCCCC. The zero-order valence-electron chi connectivity index (χ0n) is 39.1. The van der Waals surface area contributed by atoms with E-state index in [0.29, 0.717) is 13.0 Å². The van der Waals surface area contributed by atoms with Gasteiger partial charge in [-0.25, -0.2) is 4.98 Å². The fourth-order valence-electron chi connectivity index (χ4n) is 8.68. The molecule has 0 saturated carbocycles. The van der Waals surface area contributed by atoms with Gasteiger partial charge in [0.05, 0.1) is 6.61 Å². The van der Waals surface area contributed by atoms with Crippen LogP contribution in [-0.4, -0.2) is 22.1 Å². The van der Waals surface area contributed by atoms with Crippen molar-refractivity contribution in [1.82, 2.24) is 9.55 Å². The summed E-state index contributed by atoms with van der Waals surface area (Å²) in [4.78, 5) is 16.9. The summed E-state index contributed by atoms with van der Waals surface area (Å²) in [5, 5.41) is 0. The molecule has 0 aliphatic heterocycles. The lowest BCUT2D eigenvalue weighted by Crippen LogP contribution is -2.13. The number of imidazole rings is 1. The average Bonchev–Trinajstić information content (AvgIpc) is 3.66. The summed E-state index contributed by atoms with van der Waals surface area (Å²) in [5.41, 5.74) is 0. The Hall–Kier alpha value is -1.32. The molecule has 336 valence electrons. The number of unbranched alkanes of at least 4 members (excludes halogenated alkanes) is 42. The summed E-state index contributed by atoms with van der Waals surface area (Å²) in [6.07, 6.45) is 65.8. The van der Waals surface area contributed by atoms with Gasteiger partial charge in [-0.1, -0.05) is 284 Å². The number of carbonyl (C=O) groups excluding carboxylic acids is 1. The van der Waals surface area contributed by atoms with Crippen molar-refractivity contribution in [2.75, 3.05) is 6.61 Å². The standard InChI is InChI=1S/C53H102N2O2/c1-3-5-7-9-11-13-15-17-19-21-23-25-27-29-31-33-35-37-39-41-43-45-48-55-49-47-54-52(55)51-53(56)57-50-46-44-42-40-38-36-34-32-30-28-26-24-22-20-18-16-14-12-10-8-6-4-2/h47,49H,3-46,48,50-51H2,1-2H3. The Balaban J connectivity index is 1.80. The lowest BCUT2D eigenvalue weighted by molar-refractivity contribution is -0.143. The van der Waals surface area contributed by atoms with Crippen LogP contribution in [0.3, 0.4) is 0 Å². The van der Waals surface area contributed by atoms with Gasteiger partial charge in [0.1, 0.15) is 12.2 Å². The van der Waals surface area contributed by atoms with Crippen LogP contribution in [-0.2, 0) is 22.5 Å². The number of rotatable bonds is 48. The van der Waals surface area contributed by atoms with Crippen LogP contribution in [0.4, 0.5) is 0 Å². The highest BCUT2D eigenvalue weighted by Gasteiger charge is 2.10. The molecule has 1 aromatic heterocycles. The van der Waals surface area contributed by atoms with E-state index in [1.165, 1.54) is 270 Å². The molecule has 0 aromatic carbocycles. The largest absolute Gasteiger partial charge is 0.465 e. The van der Waals surface area contributed by atoms with Crippen molar-refractivity contribution in [3.63, 3.8) is 0 Å². The Morgan fingerprint density at radius 2 is 0.667 bits per heavy atom. The van der Waals surface area contributed by atoms with E-state index in [-0.39, 0.29) is 5.97 Å². The molecule has 0 aliphatic rings. The van der Waals surface area contributed by atoms with E-state index < -0.39 is 0 Å². The second-order valence-corrected chi connectivity index (χ2v) is 18.3. The van der Waals surface area contributed by atoms with Gasteiger partial charge < -0.3 is 9.30 Å². The second kappa shape index (κ2) is 45.8. The molecule has 57 heavy (non-hydrogen) atoms. The number of hydrogen-bond donors (Lipinski definition) is 0. The molecule has 0 aliphatic carbocycles. The normalized spacial score (nSPS) is 11.5. The highest BCUT2D eigenvalue weighted by molar-refractivity contribution is 5.71. The van der Waals surface area contributed by atoms with Gasteiger partial charge in [-0.3, -0.25) is 4.79 Å². The third-order valence-corrected chi connectivity index (χ3v) is 12.6. The van der Waals surface area contributed by atoms with Crippen molar-refractivity contribution in [3.8, 4) is 0 Å². The van der Waals surface area contributed by atoms with Gasteiger partial charge in [0.2, 0.25) is 0 Å². The van der Waals surface area contributed by atoms with Crippen LogP contribution in [0.25, 0.3) is 0 Å². The molecule has 0 fully saturated rings. The van der Waals surface area contributed by atoms with Gasteiger partial charge >= 0.3 is 5.97 Å². The summed E-state index contributed by atoms with van der Waals surface area (Å²) in [6, 6.07) is 0. The number of ether oxygens (including phenoxy) is 1. The topological polar surface area (TPSA) is 44.1 Å². The van der Waals surface area contributed by atoms with E-state index >= 15 is 0 Å². The third kappa shape index (κ3) is 39.9. The second-order valence-electron chi connectivity index (χ2n) is 18.3. The Kier molecular flexibility index (Phi) is 43.1. The zero-order valence-corrected chi connectivity index (χ0v) is 39.1. The molecule has 1 heterocycles. The minimum Gasteiger partial charge on any atom is -0.465 e. The Morgan fingerprint density at radius 1 is 0.404 bits per heavy atom. The van der Waals surface area contributed by atoms with E-state index in [4.69, 9.17) is 4.74 Å². The van der Waals surface area contributed by atoms with E-state index in [1.54, 1.807) is 0 Å². The predicted octanol–water partition coefficient (Wildman–Crippen LogP) is 18.2. The molecule has 1 rings (SSSR count). The number of carbonyl (C=O) groups is 1. The Morgan fingerprint density at radius 3 is 0.965 bits per heavy atom. The van der Waals surface area contributed by atoms with Crippen molar-refractivity contribution in [3.05, 3.63) is 18.2 Å². The smallest absolute Gasteiger partial charge is 0.313 e. The molecule has 0 atom stereocenters. The fourth-order valence-corrected chi connectivity index (χ4v) is 8.68. The number of aromatic nitrogens is 2. The van der Waals surface area contributed by atoms with Crippen LogP contribution in [0.2, 0.25) is 0 Å². The number of nitrogens with zero attached hydrogens (tertiary/aromatic N) is 2. The highest BCUT2D eigenvalue weighted by atomic mass is 16.5. The van der Waals surface area contributed by atoms with Gasteiger partial charge in [0.25, 0.3) is 0 Å².